The summed E-state index contributed by atoms with van der Waals surface area (Å²) in [6.07, 6.45) is 1.03. The Morgan fingerprint density at radius 1 is 1.22 bits per heavy atom. The van der Waals surface area contributed by atoms with Crippen molar-refractivity contribution in [1.82, 2.24) is 9.97 Å². The maximum absolute atomic E-state index is 5.16. The second-order valence-corrected chi connectivity index (χ2v) is 4.88. The Bertz CT molecular complexity index is 352. The van der Waals surface area contributed by atoms with Crippen LogP contribution in [0.2, 0.25) is 0 Å². The predicted octanol–water partition coefficient (Wildman–Crippen LogP) is 2.49. The van der Waals surface area contributed by atoms with E-state index in [1.54, 1.807) is 20.3 Å². The number of alkyl halides is 1. The van der Waals surface area contributed by atoms with Crippen LogP contribution in [0.4, 0.5) is 5.95 Å². The summed E-state index contributed by atoms with van der Waals surface area (Å²) in [6.45, 7) is 5.12. The number of methoxy groups -OCH3 is 2. The zero-order valence-electron chi connectivity index (χ0n) is 11.3. The van der Waals surface area contributed by atoms with E-state index in [9.17, 15) is 0 Å². The number of halogens is 1. The van der Waals surface area contributed by atoms with Crippen LogP contribution in [0.1, 0.15) is 20.3 Å². The molecule has 0 amide bonds. The fourth-order valence-corrected chi connectivity index (χ4v) is 1.80. The quantitative estimate of drug-likeness (QED) is 0.723. The van der Waals surface area contributed by atoms with E-state index in [1.165, 1.54) is 0 Å². The van der Waals surface area contributed by atoms with Gasteiger partial charge in [0, 0.05) is 17.9 Å². The van der Waals surface area contributed by atoms with Crippen molar-refractivity contribution >= 4 is 21.9 Å². The van der Waals surface area contributed by atoms with Crippen LogP contribution in [-0.4, -0.2) is 42.1 Å². The first-order valence-corrected chi connectivity index (χ1v) is 7.04. The number of nitrogens with zero attached hydrogens (tertiary/aromatic N) is 3. The lowest BCUT2D eigenvalue weighted by Crippen LogP contribution is -2.33. The van der Waals surface area contributed by atoms with E-state index in [1.807, 2.05) is 0 Å². The summed E-state index contributed by atoms with van der Waals surface area (Å²) < 4.78 is 10.3. The van der Waals surface area contributed by atoms with Gasteiger partial charge in [0.25, 0.3) is 0 Å². The van der Waals surface area contributed by atoms with Crippen LogP contribution < -0.4 is 14.4 Å². The Balaban J connectivity index is 3.02. The van der Waals surface area contributed by atoms with Crippen molar-refractivity contribution in [3.63, 3.8) is 0 Å². The van der Waals surface area contributed by atoms with Crippen molar-refractivity contribution in [3.05, 3.63) is 6.07 Å². The number of anilines is 1. The molecule has 1 heterocycles. The zero-order valence-corrected chi connectivity index (χ0v) is 12.9. The van der Waals surface area contributed by atoms with E-state index < -0.39 is 0 Å². The Kier molecular flexibility index (Phi) is 6.18. The lowest BCUT2D eigenvalue weighted by atomic mass is 10.3. The first-order valence-electron chi connectivity index (χ1n) is 5.92. The molecular weight excluding hydrogens is 298 g/mol. The van der Waals surface area contributed by atoms with Gasteiger partial charge in [-0.3, -0.25) is 0 Å². The topological polar surface area (TPSA) is 47.5 Å². The molecule has 5 nitrogen and oxygen atoms in total. The molecule has 0 aliphatic heterocycles. The minimum absolute atomic E-state index is 0.320. The van der Waals surface area contributed by atoms with Gasteiger partial charge in [-0.15, -0.1) is 0 Å². The summed E-state index contributed by atoms with van der Waals surface area (Å²) in [5.41, 5.74) is 0. The minimum atomic E-state index is 0.320. The molecule has 0 N–H and O–H groups in total. The third-order valence-electron chi connectivity index (χ3n) is 2.50. The van der Waals surface area contributed by atoms with Crippen LogP contribution in [0.5, 0.6) is 11.8 Å². The van der Waals surface area contributed by atoms with Gasteiger partial charge in [-0.05, 0) is 20.3 Å². The molecule has 0 unspecified atom stereocenters. The molecule has 0 aromatic carbocycles. The SMILES string of the molecule is COc1cc(OC)nc(N(CCCBr)C(C)C)n1. The number of hydrogen-bond acceptors (Lipinski definition) is 5. The average Bonchev–Trinajstić information content (AvgIpc) is 2.38. The van der Waals surface area contributed by atoms with Crippen LogP contribution in [-0.2, 0) is 0 Å². The summed E-state index contributed by atoms with van der Waals surface area (Å²) in [5, 5.41) is 0.956. The molecule has 0 bridgehead atoms. The summed E-state index contributed by atoms with van der Waals surface area (Å²) in [4.78, 5) is 10.9. The summed E-state index contributed by atoms with van der Waals surface area (Å²) in [6, 6.07) is 1.99. The third-order valence-corrected chi connectivity index (χ3v) is 3.06. The van der Waals surface area contributed by atoms with Gasteiger partial charge in [-0.25, -0.2) is 0 Å². The fraction of sp³-hybridized carbons (Fsp3) is 0.667. The Morgan fingerprint density at radius 2 is 1.78 bits per heavy atom. The Morgan fingerprint density at radius 3 is 2.17 bits per heavy atom. The lowest BCUT2D eigenvalue weighted by molar-refractivity contribution is 0.371. The van der Waals surface area contributed by atoms with E-state index in [4.69, 9.17) is 9.47 Å². The molecular formula is C12H20BrN3O2. The van der Waals surface area contributed by atoms with Crippen molar-refractivity contribution in [3.8, 4) is 11.8 Å². The van der Waals surface area contributed by atoms with Crippen LogP contribution in [0.3, 0.4) is 0 Å². The van der Waals surface area contributed by atoms with Crippen molar-refractivity contribution < 1.29 is 9.47 Å². The van der Waals surface area contributed by atoms with Gasteiger partial charge in [0.1, 0.15) is 0 Å². The van der Waals surface area contributed by atoms with Crippen LogP contribution in [0.25, 0.3) is 0 Å². The highest BCUT2D eigenvalue weighted by Gasteiger charge is 2.15. The Labute approximate surface area is 117 Å². The van der Waals surface area contributed by atoms with Gasteiger partial charge >= 0.3 is 0 Å². The highest BCUT2D eigenvalue weighted by molar-refractivity contribution is 9.09. The number of ether oxygens (including phenoxy) is 2. The molecule has 1 aromatic heterocycles. The minimum Gasteiger partial charge on any atom is -0.481 e. The number of aromatic nitrogens is 2. The van der Waals surface area contributed by atoms with Crippen molar-refractivity contribution in [1.29, 1.82) is 0 Å². The van der Waals surface area contributed by atoms with E-state index in [0.29, 0.717) is 23.8 Å². The molecule has 1 rings (SSSR count). The molecule has 18 heavy (non-hydrogen) atoms. The average molecular weight is 318 g/mol. The first kappa shape index (κ1) is 15.0. The largest absolute Gasteiger partial charge is 0.481 e. The lowest BCUT2D eigenvalue weighted by Gasteiger charge is -2.26. The highest BCUT2D eigenvalue weighted by atomic mass is 79.9. The summed E-state index contributed by atoms with van der Waals surface area (Å²) >= 11 is 3.44. The maximum atomic E-state index is 5.16. The van der Waals surface area contributed by atoms with Crippen LogP contribution >= 0.6 is 15.9 Å². The molecule has 0 aliphatic carbocycles. The molecule has 0 spiro atoms. The predicted molar refractivity (Wildman–Crippen MR) is 76.0 cm³/mol. The second-order valence-electron chi connectivity index (χ2n) is 4.08. The van der Waals surface area contributed by atoms with E-state index in [-0.39, 0.29) is 0 Å². The van der Waals surface area contributed by atoms with Gasteiger partial charge < -0.3 is 14.4 Å². The smallest absolute Gasteiger partial charge is 0.232 e. The van der Waals surface area contributed by atoms with E-state index >= 15 is 0 Å². The number of hydrogen-bond donors (Lipinski definition) is 0. The van der Waals surface area contributed by atoms with Gasteiger partial charge in [0.05, 0.1) is 20.3 Å². The van der Waals surface area contributed by atoms with Gasteiger partial charge in [0.15, 0.2) is 0 Å². The monoisotopic (exact) mass is 317 g/mol. The molecule has 102 valence electrons. The molecule has 6 heteroatoms. The molecule has 1 aromatic rings. The van der Waals surface area contributed by atoms with Crippen molar-refractivity contribution in [2.45, 2.75) is 26.3 Å². The summed E-state index contributed by atoms with van der Waals surface area (Å²) in [7, 11) is 3.17. The highest BCUT2D eigenvalue weighted by Crippen LogP contribution is 2.21. The van der Waals surface area contributed by atoms with E-state index in [0.717, 1.165) is 18.3 Å². The molecule has 0 saturated heterocycles. The standard InChI is InChI=1S/C12H20BrN3O2/c1-9(2)16(7-5-6-13)12-14-10(17-3)8-11(15-12)18-4/h8-9H,5-7H2,1-4H3. The van der Waals surface area contributed by atoms with Crippen LogP contribution in [0, 0.1) is 0 Å². The fourth-order valence-electron chi connectivity index (χ4n) is 1.55. The molecule has 0 atom stereocenters. The molecule has 0 radical (unpaired) electrons. The van der Waals surface area contributed by atoms with Gasteiger partial charge in [0.2, 0.25) is 17.7 Å². The first-order chi connectivity index (χ1) is 8.62. The zero-order chi connectivity index (χ0) is 13.5. The molecule has 0 fully saturated rings. The maximum Gasteiger partial charge on any atom is 0.232 e. The van der Waals surface area contributed by atoms with E-state index in [2.05, 4.69) is 44.6 Å². The Hall–Kier alpha value is -1.04. The summed E-state index contributed by atoms with van der Waals surface area (Å²) in [5.74, 6) is 1.67. The van der Waals surface area contributed by atoms with Crippen molar-refractivity contribution in [2.24, 2.45) is 0 Å². The van der Waals surface area contributed by atoms with Gasteiger partial charge in [-0.1, -0.05) is 15.9 Å². The molecule has 0 aliphatic rings. The van der Waals surface area contributed by atoms with Gasteiger partial charge in [-0.2, -0.15) is 9.97 Å². The second kappa shape index (κ2) is 7.41. The van der Waals surface area contributed by atoms with Crippen molar-refractivity contribution in [2.75, 3.05) is 31.0 Å². The normalized spacial score (nSPS) is 10.6. The number of rotatable bonds is 7. The molecule has 0 saturated carbocycles. The third kappa shape index (κ3) is 4.01. The van der Waals surface area contributed by atoms with Crippen LogP contribution in [0.15, 0.2) is 6.07 Å².